The first-order valence-corrected chi connectivity index (χ1v) is 7.80. The molecule has 116 valence electrons. The van der Waals surface area contributed by atoms with Crippen molar-refractivity contribution < 1.29 is 27.4 Å². The summed E-state index contributed by atoms with van der Waals surface area (Å²) in [6.07, 6.45) is 1.28. The summed E-state index contributed by atoms with van der Waals surface area (Å²) >= 11 is 0. The predicted octanol–water partition coefficient (Wildman–Crippen LogP) is 1.37. The molecule has 1 aromatic carbocycles. The van der Waals surface area contributed by atoms with Gasteiger partial charge in [0.05, 0.1) is 12.0 Å². The number of aliphatic carboxylic acids is 1. The van der Waals surface area contributed by atoms with Crippen LogP contribution >= 0.6 is 0 Å². The number of methoxy groups -OCH3 is 1. The molecule has 0 bridgehead atoms. The Morgan fingerprint density at radius 3 is 2.52 bits per heavy atom. The first-order chi connectivity index (χ1) is 9.70. The number of benzene rings is 1. The fourth-order valence-corrected chi connectivity index (χ4v) is 3.55. The lowest BCUT2D eigenvalue weighted by Gasteiger charge is -2.25. The number of carbonyl (C=O) groups is 1. The van der Waals surface area contributed by atoms with Crippen molar-refractivity contribution in [2.24, 2.45) is 5.92 Å². The molecule has 0 aromatic heterocycles. The lowest BCUT2D eigenvalue weighted by Crippen LogP contribution is -2.53. The number of rotatable bonds is 6. The second-order valence-corrected chi connectivity index (χ2v) is 6.87. The van der Waals surface area contributed by atoms with Crippen LogP contribution in [0.5, 0.6) is 5.75 Å². The Morgan fingerprint density at radius 2 is 2.10 bits per heavy atom. The molecule has 1 unspecified atom stereocenters. The highest BCUT2D eigenvalue weighted by molar-refractivity contribution is 7.89. The minimum absolute atomic E-state index is 0.0860. The van der Waals surface area contributed by atoms with E-state index < -0.39 is 27.3 Å². The van der Waals surface area contributed by atoms with Gasteiger partial charge in [0, 0.05) is 0 Å². The lowest BCUT2D eigenvalue weighted by molar-refractivity contribution is -0.144. The van der Waals surface area contributed by atoms with Gasteiger partial charge in [-0.05, 0) is 43.9 Å². The Hall–Kier alpha value is -1.67. The molecule has 21 heavy (non-hydrogen) atoms. The van der Waals surface area contributed by atoms with Crippen molar-refractivity contribution >= 4 is 16.0 Å². The summed E-state index contributed by atoms with van der Waals surface area (Å²) in [5.41, 5.74) is -1.59. The van der Waals surface area contributed by atoms with Crippen LogP contribution < -0.4 is 9.46 Å². The van der Waals surface area contributed by atoms with Gasteiger partial charge in [0.25, 0.3) is 0 Å². The van der Waals surface area contributed by atoms with Crippen molar-refractivity contribution in [3.63, 3.8) is 0 Å². The number of carboxylic acid groups (broad SMARTS) is 1. The number of hydrogen-bond acceptors (Lipinski definition) is 4. The monoisotopic (exact) mass is 317 g/mol. The summed E-state index contributed by atoms with van der Waals surface area (Å²) in [7, 11) is -2.88. The summed E-state index contributed by atoms with van der Waals surface area (Å²) in [5.74, 6) is -2.42. The molecule has 8 heteroatoms. The Kier molecular flexibility index (Phi) is 3.94. The molecule has 1 fully saturated rings. The van der Waals surface area contributed by atoms with E-state index in [1.807, 2.05) is 0 Å². The van der Waals surface area contributed by atoms with Gasteiger partial charge >= 0.3 is 5.97 Å². The summed E-state index contributed by atoms with van der Waals surface area (Å²) in [6, 6.07) is 3.15. The van der Waals surface area contributed by atoms with Gasteiger partial charge in [0.2, 0.25) is 10.0 Å². The average molecular weight is 317 g/mol. The second kappa shape index (κ2) is 5.27. The van der Waals surface area contributed by atoms with Crippen LogP contribution in [0.1, 0.15) is 19.8 Å². The highest BCUT2D eigenvalue weighted by Crippen LogP contribution is 2.40. The molecule has 1 aliphatic carbocycles. The number of halogens is 1. The number of ether oxygens (including phenoxy) is 1. The molecule has 0 aliphatic heterocycles. The van der Waals surface area contributed by atoms with E-state index in [1.54, 1.807) is 0 Å². The molecule has 1 aromatic rings. The second-order valence-electron chi connectivity index (χ2n) is 5.18. The molecule has 1 saturated carbocycles. The van der Waals surface area contributed by atoms with Crippen LogP contribution in [0.2, 0.25) is 0 Å². The van der Waals surface area contributed by atoms with Gasteiger partial charge in [-0.15, -0.1) is 0 Å². The first kappa shape index (κ1) is 15.7. The summed E-state index contributed by atoms with van der Waals surface area (Å²) in [4.78, 5) is 11.0. The van der Waals surface area contributed by atoms with Gasteiger partial charge in [0.1, 0.15) is 5.54 Å². The zero-order chi connectivity index (χ0) is 15.8. The van der Waals surface area contributed by atoms with Crippen LogP contribution in [0.4, 0.5) is 4.39 Å². The first-order valence-electron chi connectivity index (χ1n) is 6.31. The molecule has 0 heterocycles. The van der Waals surface area contributed by atoms with Gasteiger partial charge in [0.15, 0.2) is 11.6 Å². The maximum atomic E-state index is 13.6. The standard InChI is InChI=1S/C13H16FNO5S/c1-13(12(16)17,8-3-4-8)15-21(18,19)9-5-6-11(20-2)10(14)7-9/h5-8,15H,3-4H2,1-2H3,(H,16,17). The Morgan fingerprint density at radius 1 is 1.48 bits per heavy atom. The van der Waals surface area contributed by atoms with E-state index in [1.165, 1.54) is 26.2 Å². The molecule has 6 nitrogen and oxygen atoms in total. The van der Waals surface area contributed by atoms with Crippen molar-refractivity contribution in [2.45, 2.75) is 30.2 Å². The molecular formula is C13H16FNO5S. The summed E-state index contributed by atoms with van der Waals surface area (Å²) in [6.45, 7) is 1.32. The average Bonchev–Trinajstić information content (AvgIpc) is 3.22. The number of hydrogen-bond donors (Lipinski definition) is 2. The van der Waals surface area contributed by atoms with Crippen LogP contribution in [-0.2, 0) is 14.8 Å². The van der Waals surface area contributed by atoms with Crippen molar-refractivity contribution in [2.75, 3.05) is 7.11 Å². The fourth-order valence-electron chi connectivity index (χ4n) is 2.11. The molecular weight excluding hydrogens is 301 g/mol. The molecule has 0 radical (unpaired) electrons. The van der Waals surface area contributed by atoms with Crippen LogP contribution in [-0.4, -0.2) is 32.1 Å². The van der Waals surface area contributed by atoms with E-state index in [4.69, 9.17) is 4.74 Å². The molecule has 1 atom stereocenters. The van der Waals surface area contributed by atoms with Gasteiger partial charge < -0.3 is 9.84 Å². The van der Waals surface area contributed by atoms with Crippen molar-refractivity contribution in [1.82, 2.24) is 4.72 Å². The minimum Gasteiger partial charge on any atom is -0.494 e. The van der Waals surface area contributed by atoms with Crippen LogP contribution in [0, 0.1) is 11.7 Å². The van der Waals surface area contributed by atoms with Crippen LogP contribution in [0.3, 0.4) is 0 Å². The third kappa shape index (κ3) is 3.01. The third-order valence-corrected chi connectivity index (χ3v) is 5.19. The number of sulfonamides is 1. The van der Waals surface area contributed by atoms with Gasteiger partial charge in [-0.1, -0.05) is 0 Å². The normalized spacial score (nSPS) is 18.0. The topological polar surface area (TPSA) is 92.7 Å². The predicted molar refractivity (Wildman–Crippen MR) is 72.0 cm³/mol. The van der Waals surface area contributed by atoms with E-state index >= 15 is 0 Å². The van der Waals surface area contributed by atoms with Gasteiger partial charge in [-0.25, -0.2) is 12.8 Å². The quantitative estimate of drug-likeness (QED) is 0.826. The van der Waals surface area contributed by atoms with Gasteiger partial charge in [-0.2, -0.15) is 4.72 Å². The Labute approximate surface area is 122 Å². The number of carboxylic acids is 1. The molecule has 2 N–H and O–H groups in total. The Balaban J connectivity index is 2.34. The lowest BCUT2D eigenvalue weighted by atomic mass is 9.98. The fraction of sp³-hybridized carbons (Fsp3) is 0.462. The highest BCUT2D eigenvalue weighted by Gasteiger charge is 2.50. The maximum absolute atomic E-state index is 13.6. The molecule has 2 rings (SSSR count). The Bertz CT molecular complexity index is 671. The minimum atomic E-state index is -4.14. The smallest absolute Gasteiger partial charge is 0.324 e. The van der Waals surface area contributed by atoms with Crippen molar-refractivity contribution in [3.8, 4) is 5.75 Å². The molecule has 0 saturated heterocycles. The number of nitrogens with one attached hydrogen (secondary N) is 1. The zero-order valence-corrected chi connectivity index (χ0v) is 12.4. The zero-order valence-electron chi connectivity index (χ0n) is 11.6. The highest BCUT2D eigenvalue weighted by atomic mass is 32.2. The van der Waals surface area contributed by atoms with E-state index in [-0.39, 0.29) is 16.6 Å². The largest absolute Gasteiger partial charge is 0.494 e. The summed E-state index contributed by atoms with van der Waals surface area (Å²) in [5, 5.41) is 9.27. The van der Waals surface area contributed by atoms with Crippen molar-refractivity contribution in [3.05, 3.63) is 24.0 Å². The molecule has 0 spiro atoms. The van der Waals surface area contributed by atoms with Crippen LogP contribution in [0.25, 0.3) is 0 Å². The van der Waals surface area contributed by atoms with Gasteiger partial charge in [-0.3, -0.25) is 4.79 Å². The van der Waals surface area contributed by atoms with E-state index in [9.17, 15) is 22.7 Å². The van der Waals surface area contributed by atoms with Crippen molar-refractivity contribution in [1.29, 1.82) is 0 Å². The summed E-state index contributed by atoms with van der Waals surface area (Å²) < 4.78 is 45.0. The van der Waals surface area contributed by atoms with Crippen LogP contribution in [0.15, 0.2) is 23.1 Å². The maximum Gasteiger partial charge on any atom is 0.324 e. The molecule has 1 aliphatic rings. The van der Waals surface area contributed by atoms with E-state index in [0.717, 1.165) is 6.07 Å². The van der Waals surface area contributed by atoms with E-state index in [0.29, 0.717) is 12.8 Å². The van der Waals surface area contributed by atoms with E-state index in [2.05, 4.69) is 4.72 Å². The molecule has 0 amide bonds. The third-order valence-electron chi connectivity index (χ3n) is 3.62. The SMILES string of the molecule is COc1ccc(S(=O)(=O)NC(C)(C(=O)O)C2CC2)cc1F.